The fraction of sp³-hybridized carbons (Fsp3) is 0.600. The predicted octanol–water partition coefficient (Wildman–Crippen LogP) is 3.41. The number of sulfone groups is 1. The highest BCUT2D eigenvalue weighted by Gasteiger charge is 2.50. The van der Waals surface area contributed by atoms with Crippen LogP contribution in [0.5, 0.6) is 5.75 Å². The van der Waals surface area contributed by atoms with Crippen molar-refractivity contribution in [2.45, 2.75) is 66.7 Å². The van der Waals surface area contributed by atoms with Gasteiger partial charge in [-0.3, -0.25) is 4.79 Å². The number of nitriles is 1. The highest BCUT2D eigenvalue weighted by atomic mass is 35.5. The Morgan fingerprint density at radius 2 is 2.00 bits per heavy atom. The largest absolute Gasteiger partial charge is 0.481 e. The molecular weight excluding hydrogens is 473 g/mol. The molecule has 12 heteroatoms. The minimum absolute atomic E-state index is 0.0339. The van der Waals surface area contributed by atoms with Crippen LogP contribution in [0.3, 0.4) is 0 Å². The van der Waals surface area contributed by atoms with E-state index < -0.39 is 50.8 Å². The standard InChI is InChI=1S/C20H22ClF3N2O5S/c1-11(20(22,23)24)31-12-3-4-17(15(21)7-12)32(28,29)13-8-14(16(9-13)30-2)18(27)26-19(10-25)5-6-19/h3-4,7,11,13-14,16H,5-6,8-9H2,1-2H3,(H,26,27)/t11?,13?,14-,16?/m0/s1. The molecule has 0 saturated heterocycles. The van der Waals surface area contributed by atoms with Crippen molar-refractivity contribution in [3.05, 3.63) is 23.2 Å². The highest BCUT2D eigenvalue weighted by Crippen LogP contribution is 2.40. The fourth-order valence-corrected chi connectivity index (χ4v) is 6.04. The Morgan fingerprint density at radius 1 is 1.34 bits per heavy atom. The van der Waals surface area contributed by atoms with E-state index in [1.165, 1.54) is 7.11 Å². The summed E-state index contributed by atoms with van der Waals surface area (Å²) in [4.78, 5) is 12.4. The number of rotatable bonds is 7. The lowest BCUT2D eigenvalue weighted by molar-refractivity contribution is -0.189. The second-order valence-electron chi connectivity index (χ2n) is 8.10. The third-order valence-corrected chi connectivity index (χ3v) is 8.51. The summed E-state index contributed by atoms with van der Waals surface area (Å²) in [5, 5.41) is 10.6. The SMILES string of the molecule is COC1CC(S(=O)(=O)c2ccc(OC(C)C(F)(F)F)cc2Cl)C[C@@H]1C(=O)NC1(C#N)CC1. The lowest BCUT2D eigenvalue weighted by Crippen LogP contribution is -2.42. The van der Waals surface area contributed by atoms with E-state index in [1.54, 1.807) is 0 Å². The van der Waals surface area contributed by atoms with E-state index in [-0.39, 0.29) is 28.5 Å². The summed E-state index contributed by atoms with van der Waals surface area (Å²) in [7, 11) is -2.65. The normalized spacial score (nSPS) is 25.6. The first-order valence-electron chi connectivity index (χ1n) is 9.86. The number of alkyl halides is 3. The molecule has 7 nitrogen and oxygen atoms in total. The molecular formula is C20H22ClF3N2O5S. The number of hydrogen-bond donors (Lipinski definition) is 1. The summed E-state index contributed by atoms with van der Waals surface area (Å²) in [6.07, 6.45) is -6.27. The van der Waals surface area contributed by atoms with Gasteiger partial charge in [0.1, 0.15) is 11.3 Å². The maximum absolute atomic E-state index is 13.2. The number of nitrogens with one attached hydrogen (secondary N) is 1. The van der Waals surface area contributed by atoms with E-state index in [0.29, 0.717) is 12.8 Å². The lowest BCUT2D eigenvalue weighted by atomic mass is 10.0. The molecule has 2 fully saturated rings. The van der Waals surface area contributed by atoms with Crippen molar-refractivity contribution < 1.29 is 35.9 Å². The Kier molecular flexibility index (Phi) is 6.71. The van der Waals surface area contributed by atoms with Gasteiger partial charge in [-0.05, 0) is 44.7 Å². The first-order valence-corrected chi connectivity index (χ1v) is 11.8. The smallest absolute Gasteiger partial charge is 0.425 e. The molecule has 2 aliphatic rings. The van der Waals surface area contributed by atoms with Crippen molar-refractivity contribution in [2.75, 3.05) is 7.11 Å². The number of benzene rings is 1. The van der Waals surface area contributed by atoms with Crippen LogP contribution in [0, 0.1) is 17.2 Å². The molecule has 2 saturated carbocycles. The van der Waals surface area contributed by atoms with Crippen LogP contribution in [-0.4, -0.2) is 50.6 Å². The molecule has 1 amide bonds. The Bertz CT molecular complexity index is 1040. The summed E-state index contributed by atoms with van der Waals surface area (Å²) in [6, 6.07) is 5.28. The summed E-state index contributed by atoms with van der Waals surface area (Å²) in [5.41, 5.74) is -0.890. The van der Waals surface area contributed by atoms with E-state index in [4.69, 9.17) is 21.1 Å². The second-order valence-corrected chi connectivity index (χ2v) is 10.7. The molecule has 1 aromatic rings. The van der Waals surface area contributed by atoms with Gasteiger partial charge < -0.3 is 14.8 Å². The zero-order valence-corrected chi connectivity index (χ0v) is 18.9. The average molecular weight is 495 g/mol. The lowest BCUT2D eigenvalue weighted by Gasteiger charge is -2.19. The number of carbonyl (C=O) groups excluding carboxylic acids is 1. The van der Waals surface area contributed by atoms with Gasteiger partial charge in [-0.15, -0.1) is 0 Å². The predicted molar refractivity (Wildman–Crippen MR) is 108 cm³/mol. The van der Waals surface area contributed by atoms with Gasteiger partial charge in [0.15, 0.2) is 15.9 Å². The zero-order chi connectivity index (χ0) is 23.9. The number of carbonyl (C=O) groups is 1. The molecule has 176 valence electrons. The van der Waals surface area contributed by atoms with Gasteiger partial charge in [0.25, 0.3) is 0 Å². The molecule has 0 aliphatic heterocycles. The average Bonchev–Trinajstić information content (AvgIpc) is 3.33. The Morgan fingerprint density at radius 3 is 2.50 bits per heavy atom. The number of halogens is 4. The fourth-order valence-electron chi connectivity index (χ4n) is 3.70. The molecule has 0 radical (unpaired) electrons. The van der Waals surface area contributed by atoms with Gasteiger partial charge in [-0.2, -0.15) is 18.4 Å². The Balaban J connectivity index is 1.77. The summed E-state index contributed by atoms with van der Waals surface area (Å²) in [6.45, 7) is 0.825. The Labute approximate surface area is 188 Å². The number of hydrogen-bond acceptors (Lipinski definition) is 6. The van der Waals surface area contributed by atoms with Crippen LogP contribution in [0.15, 0.2) is 23.1 Å². The van der Waals surface area contributed by atoms with Crippen molar-refractivity contribution in [1.82, 2.24) is 5.32 Å². The monoisotopic (exact) mass is 494 g/mol. The minimum atomic E-state index is -4.59. The molecule has 1 aromatic carbocycles. The first-order chi connectivity index (χ1) is 14.8. The third-order valence-electron chi connectivity index (χ3n) is 5.85. The third kappa shape index (κ3) is 4.97. The van der Waals surface area contributed by atoms with Gasteiger partial charge >= 0.3 is 6.18 Å². The van der Waals surface area contributed by atoms with Crippen molar-refractivity contribution >= 4 is 27.3 Å². The molecule has 1 N–H and O–H groups in total. The second kappa shape index (κ2) is 8.72. The van der Waals surface area contributed by atoms with E-state index >= 15 is 0 Å². The minimum Gasteiger partial charge on any atom is -0.481 e. The van der Waals surface area contributed by atoms with Crippen molar-refractivity contribution in [3.8, 4) is 11.8 Å². The molecule has 0 spiro atoms. The van der Waals surface area contributed by atoms with Crippen LogP contribution in [0.1, 0.15) is 32.6 Å². The first kappa shape index (κ1) is 24.6. The summed E-state index contributed by atoms with van der Waals surface area (Å²) in [5.74, 6) is -1.42. The summed E-state index contributed by atoms with van der Waals surface area (Å²) < 4.78 is 74.6. The van der Waals surface area contributed by atoms with E-state index in [1.807, 2.05) is 0 Å². The summed E-state index contributed by atoms with van der Waals surface area (Å²) >= 11 is 6.09. The highest BCUT2D eigenvalue weighted by molar-refractivity contribution is 7.92. The van der Waals surface area contributed by atoms with E-state index in [2.05, 4.69) is 11.4 Å². The number of nitrogens with zero attached hydrogens (tertiary/aromatic N) is 1. The molecule has 0 bridgehead atoms. The van der Waals surface area contributed by atoms with Crippen LogP contribution in [0.2, 0.25) is 5.02 Å². The molecule has 0 heterocycles. The van der Waals surface area contributed by atoms with Crippen LogP contribution < -0.4 is 10.1 Å². The zero-order valence-electron chi connectivity index (χ0n) is 17.3. The number of ether oxygens (including phenoxy) is 2. The molecule has 4 atom stereocenters. The van der Waals surface area contributed by atoms with Gasteiger partial charge in [0, 0.05) is 13.2 Å². The quantitative estimate of drug-likeness (QED) is 0.622. The van der Waals surface area contributed by atoms with Crippen LogP contribution >= 0.6 is 11.6 Å². The van der Waals surface area contributed by atoms with Crippen LogP contribution in [0.25, 0.3) is 0 Å². The van der Waals surface area contributed by atoms with Gasteiger partial charge in [-0.1, -0.05) is 11.6 Å². The number of methoxy groups -OCH3 is 1. The van der Waals surface area contributed by atoms with Crippen LogP contribution in [0.4, 0.5) is 13.2 Å². The van der Waals surface area contributed by atoms with E-state index in [0.717, 1.165) is 25.1 Å². The maximum Gasteiger partial charge on any atom is 0.425 e. The van der Waals surface area contributed by atoms with Crippen molar-refractivity contribution in [3.63, 3.8) is 0 Å². The van der Waals surface area contributed by atoms with Gasteiger partial charge in [0.2, 0.25) is 5.91 Å². The number of amides is 1. The van der Waals surface area contributed by atoms with Crippen molar-refractivity contribution in [1.29, 1.82) is 5.26 Å². The molecule has 32 heavy (non-hydrogen) atoms. The molecule has 3 unspecified atom stereocenters. The molecule has 0 aromatic heterocycles. The van der Waals surface area contributed by atoms with Crippen molar-refractivity contribution in [2.24, 2.45) is 5.92 Å². The maximum atomic E-state index is 13.2. The van der Waals surface area contributed by atoms with Gasteiger partial charge in [-0.25, -0.2) is 8.42 Å². The topological polar surface area (TPSA) is 105 Å². The molecule has 3 rings (SSSR count). The van der Waals surface area contributed by atoms with Gasteiger partial charge in [0.05, 0.1) is 33.3 Å². The van der Waals surface area contributed by atoms with Crippen LogP contribution in [-0.2, 0) is 19.4 Å². The Hall–Kier alpha value is -2.03. The van der Waals surface area contributed by atoms with E-state index in [9.17, 15) is 31.6 Å². The molecule has 2 aliphatic carbocycles.